The molecule has 0 aromatic heterocycles. The Morgan fingerprint density at radius 3 is 1.64 bits per heavy atom. The minimum atomic E-state index is 0.106. The van der Waals surface area contributed by atoms with Crippen molar-refractivity contribution in [3.05, 3.63) is 0 Å². The fourth-order valence-electron chi connectivity index (χ4n) is 1.48. The fraction of sp³-hybridized carbons (Fsp3) is 1.00. The molecule has 1 saturated carbocycles. The van der Waals surface area contributed by atoms with Gasteiger partial charge >= 0.3 is 0 Å². The summed E-state index contributed by atoms with van der Waals surface area (Å²) >= 11 is 0. The minimum Gasteiger partial charge on any atom is -0.252 e. The van der Waals surface area contributed by atoms with Crippen LogP contribution in [0.25, 0.3) is 0 Å². The first-order valence-electron chi connectivity index (χ1n) is 4.54. The molecule has 1 fully saturated rings. The molecule has 0 aliphatic heterocycles. The Labute approximate surface area is 69.5 Å². The van der Waals surface area contributed by atoms with E-state index in [0.717, 1.165) is 12.8 Å². The molecule has 2 unspecified atom stereocenters. The van der Waals surface area contributed by atoms with E-state index in [9.17, 15) is 0 Å². The van der Waals surface area contributed by atoms with Gasteiger partial charge in [-0.15, -0.1) is 0 Å². The molecule has 0 amide bonds. The summed E-state index contributed by atoms with van der Waals surface area (Å²) in [5, 5.41) is 8.30. The maximum absolute atomic E-state index is 8.30. The molecule has 1 rings (SSSR count). The standard InChI is InChI=1S/C7H14O2.C2H6/c1-5-3-7(9-8)4-6(5)2;1-2/h5-8H,3-4H2,1-2H3;1-2H3. The highest BCUT2D eigenvalue weighted by Crippen LogP contribution is 2.32. The summed E-state index contributed by atoms with van der Waals surface area (Å²) in [6, 6.07) is 0. The molecule has 0 saturated heterocycles. The van der Waals surface area contributed by atoms with E-state index in [1.807, 2.05) is 13.8 Å². The lowest BCUT2D eigenvalue weighted by Gasteiger charge is -2.04. The van der Waals surface area contributed by atoms with Crippen LogP contribution in [0.4, 0.5) is 0 Å². The van der Waals surface area contributed by atoms with Gasteiger partial charge in [-0.25, -0.2) is 4.89 Å². The van der Waals surface area contributed by atoms with Crippen LogP contribution in [0, 0.1) is 11.8 Å². The Balaban J connectivity index is 0.000000461. The molecule has 0 aromatic carbocycles. The molecule has 0 aromatic rings. The first kappa shape index (κ1) is 10.9. The van der Waals surface area contributed by atoms with E-state index in [4.69, 9.17) is 5.26 Å². The Bertz CT molecular complexity index is 83.6. The van der Waals surface area contributed by atoms with Crippen molar-refractivity contribution in [3.8, 4) is 0 Å². The van der Waals surface area contributed by atoms with Gasteiger partial charge < -0.3 is 0 Å². The summed E-state index contributed by atoms with van der Waals surface area (Å²) in [4.78, 5) is 4.25. The summed E-state index contributed by atoms with van der Waals surface area (Å²) in [5.74, 6) is 1.42. The van der Waals surface area contributed by atoms with Crippen LogP contribution in [0.5, 0.6) is 0 Å². The van der Waals surface area contributed by atoms with Crippen molar-refractivity contribution in [1.29, 1.82) is 0 Å². The van der Waals surface area contributed by atoms with E-state index in [0.29, 0.717) is 11.8 Å². The summed E-state index contributed by atoms with van der Waals surface area (Å²) in [7, 11) is 0. The number of hydrogen-bond acceptors (Lipinski definition) is 2. The largest absolute Gasteiger partial charge is 0.252 e. The van der Waals surface area contributed by atoms with Crippen LogP contribution in [0.15, 0.2) is 0 Å². The van der Waals surface area contributed by atoms with Gasteiger partial charge in [0.2, 0.25) is 0 Å². The molecule has 68 valence electrons. The van der Waals surface area contributed by atoms with E-state index in [1.54, 1.807) is 0 Å². The van der Waals surface area contributed by atoms with Crippen molar-refractivity contribution in [2.24, 2.45) is 11.8 Å². The molecule has 2 atom stereocenters. The first-order valence-corrected chi connectivity index (χ1v) is 4.54. The van der Waals surface area contributed by atoms with Gasteiger partial charge in [0.25, 0.3) is 0 Å². The predicted octanol–water partition coefficient (Wildman–Crippen LogP) is 2.94. The van der Waals surface area contributed by atoms with Crippen LogP contribution < -0.4 is 0 Å². The number of rotatable bonds is 1. The van der Waals surface area contributed by atoms with Gasteiger partial charge in [0.1, 0.15) is 0 Å². The average molecular weight is 160 g/mol. The summed E-state index contributed by atoms with van der Waals surface area (Å²) in [5.41, 5.74) is 0. The molecule has 0 bridgehead atoms. The maximum Gasteiger partial charge on any atom is 0.0932 e. The Morgan fingerprint density at radius 1 is 1.09 bits per heavy atom. The van der Waals surface area contributed by atoms with E-state index in [-0.39, 0.29) is 6.10 Å². The highest BCUT2D eigenvalue weighted by atomic mass is 17.1. The lowest BCUT2D eigenvalue weighted by atomic mass is 10.0. The quantitative estimate of drug-likeness (QED) is 0.472. The van der Waals surface area contributed by atoms with Crippen molar-refractivity contribution in [1.82, 2.24) is 0 Å². The third-order valence-corrected chi connectivity index (χ3v) is 2.39. The molecule has 0 radical (unpaired) electrons. The van der Waals surface area contributed by atoms with Crippen LogP contribution in [-0.2, 0) is 4.89 Å². The van der Waals surface area contributed by atoms with Gasteiger partial charge in [-0.2, -0.15) is 0 Å². The molecule has 1 aliphatic carbocycles. The van der Waals surface area contributed by atoms with Crippen LogP contribution in [-0.4, -0.2) is 11.4 Å². The smallest absolute Gasteiger partial charge is 0.0932 e. The third kappa shape index (κ3) is 3.21. The van der Waals surface area contributed by atoms with Crippen molar-refractivity contribution in [2.75, 3.05) is 0 Å². The lowest BCUT2D eigenvalue weighted by molar-refractivity contribution is -0.277. The van der Waals surface area contributed by atoms with Gasteiger partial charge in [-0.05, 0) is 24.7 Å². The van der Waals surface area contributed by atoms with Crippen LogP contribution in [0.3, 0.4) is 0 Å². The van der Waals surface area contributed by atoms with Crippen LogP contribution >= 0.6 is 0 Å². The van der Waals surface area contributed by atoms with Crippen molar-refractivity contribution < 1.29 is 10.1 Å². The Kier molecular flexibility index (Phi) is 5.51. The third-order valence-electron chi connectivity index (χ3n) is 2.39. The van der Waals surface area contributed by atoms with E-state index in [2.05, 4.69) is 18.7 Å². The first-order chi connectivity index (χ1) is 5.24. The fourth-order valence-corrected chi connectivity index (χ4v) is 1.48. The highest BCUT2D eigenvalue weighted by molar-refractivity contribution is 4.77. The SMILES string of the molecule is CC.CC1CC(OO)CC1C. The second-order valence-corrected chi connectivity index (χ2v) is 3.15. The van der Waals surface area contributed by atoms with Gasteiger partial charge in [-0.1, -0.05) is 27.7 Å². The van der Waals surface area contributed by atoms with Gasteiger partial charge in [0, 0.05) is 0 Å². The van der Waals surface area contributed by atoms with Crippen molar-refractivity contribution >= 4 is 0 Å². The zero-order valence-electron chi connectivity index (χ0n) is 8.00. The molecule has 0 spiro atoms. The summed E-state index contributed by atoms with van der Waals surface area (Å²) in [6.07, 6.45) is 2.13. The van der Waals surface area contributed by atoms with Crippen molar-refractivity contribution in [3.63, 3.8) is 0 Å². The molecule has 0 heterocycles. The van der Waals surface area contributed by atoms with E-state index in [1.165, 1.54) is 0 Å². The number of hydrogen-bond donors (Lipinski definition) is 1. The van der Waals surface area contributed by atoms with Crippen LogP contribution in [0.1, 0.15) is 40.5 Å². The zero-order valence-corrected chi connectivity index (χ0v) is 8.00. The van der Waals surface area contributed by atoms with Crippen molar-refractivity contribution in [2.45, 2.75) is 46.6 Å². The molecule has 11 heavy (non-hydrogen) atoms. The zero-order chi connectivity index (χ0) is 8.85. The maximum atomic E-state index is 8.30. The van der Waals surface area contributed by atoms with Gasteiger partial charge in [0.05, 0.1) is 6.10 Å². The Morgan fingerprint density at radius 2 is 1.45 bits per heavy atom. The summed E-state index contributed by atoms with van der Waals surface area (Å²) in [6.45, 7) is 8.40. The van der Waals surface area contributed by atoms with Gasteiger partial charge in [0.15, 0.2) is 0 Å². The monoisotopic (exact) mass is 160 g/mol. The highest BCUT2D eigenvalue weighted by Gasteiger charge is 2.28. The van der Waals surface area contributed by atoms with E-state index >= 15 is 0 Å². The van der Waals surface area contributed by atoms with Gasteiger partial charge in [-0.3, -0.25) is 5.26 Å². The normalized spacial score (nSPS) is 36.3. The molecule has 2 nitrogen and oxygen atoms in total. The van der Waals surface area contributed by atoms with E-state index < -0.39 is 0 Å². The second kappa shape index (κ2) is 5.56. The summed E-state index contributed by atoms with van der Waals surface area (Å²) < 4.78 is 0. The predicted molar refractivity (Wildman–Crippen MR) is 46.4 cm³/mol. The molecule has 1 N–H and O–H groups in total. The average Bonchev–Trinajstić information content (AvgIpc) is 2.36. The molecule has 2 heteroatoms. The molecular formula is C9H20O2. The molecular weight excluding hydrogens is 140 g/mol. The van der Waals surface area contributed by atoms with Crippen LogP contribution in [0.2, 0.25) is 0 Å². The second-order valence-electron chi connectivity index (χ2n) is 3.15. The Hall–Kier alpha value is -0.0800. The topological polar surface area (TPSA) is 29.5 Å². The molecule has 1 aliphatic rings. The minimum absolute atomic E-state index is 0.106. The lowest BCUT2D eigenvalue weighted by Crippen LogP contribution is -2.04.